The molecular formula is C12H8ClN5S. The van der Waals surface area contributed by atoms with E-state index in [1.807, 2.05) is 16.8 Å². The highest BCUT2D eigenvalue weighted by molar-refractivity contribution is 7.08. The summed E-state index contributed by atoms with van der Waals surface area (Å²) in [6.07, 6.45) is 3.08. The topological polar surface area (TPSA) is 63.6 Å². The Kier molecular flexibility index (Phi) is 3.35. The molecule has 3 aromatic rings. The molecular weight excluding hydrogens is 282 g/mol. The minimum Gasteiger partial charge on any atom is -0.323 e. The molecule has 0 amide bonds. The smallest absolute Gasteiger partial charge is 0.230 e. The van der Waals surface area contributed by atoms with Gasteiger partial charge in [0.25, 0.3) is 0 Å². The Bertz CT molecular complexity index is 686. The number of rotatable bonds is 3. The highest BCUT2D eigenvalue weighted by Gasteiger charge is 2.05. The summed E-state index contributed by atoms with van der Waals surface area (Å²) in [4.78, 5) is 16.5. The van der Waals surface area contributed by atoms with Crippen LogP contribution in [0, 0.1) is 0 Å². The van der Waals surface area contributed by atoms with Crippen molar-refractivity contribution in [1.29, 1.82) is 0 Å². The number of anilines is 2. The number of thiophene rings is 1. The summed E-state index contributed by atoms with van der Waals surface area (Å²) < 4.78 is 0. The van der Waals surface area contributed by atoms with Crippen molar-refractivity contribution >= 4 is 34.6 Å². The van der Waals surface area contributed by atoms with E-state index in [0.29, 0.717) is 16.9 Å². The third kappa shape index (κ3) is 2.86. The van der Waals surface area contributed by atoms with Crippen molar-refractivity contribution < 1.29 is 0 Å². The normalized spacial score (nSPS) is 10.4. The van der Waals surface area contributed by atoms with Gasteiger partial charge in [-0.2, -0.15) is 16.3 Å². The summed E-state index contributed by atoms with van der Waals surface area (Å²) in [6.45, 7) is 0. The summed E-state index contributed by atoms with van der Waals surface area (Å²) in [7, 11) is 0. The van der Waals surface area contributed by atoms with Gasteiger partial charge in [-0.25, -0.2) is 15.0 Å². The van der Waals surface area contributed by atoms with Crippen LogP contribution in [0.5, 0.6) is 0 Å². The van der Waals surface area contributed by atoms with Gasteiger partial charge in [-0.05, 0) is 23.6 Å². The van der Waals surface area contributed by atoms with Crippen molar-refractivity contribution in [2.24, 2.45) is 0 Å². The molecule has 0 unspecified atom stereocenters. The van der Waals surface area contributed by atoms with Crippen molar-refractivity contribution in [2.45, 2.75) is 0 Å². The Hall–Kier alpha value is -2.05. The lowest BCUT2D eigenvalue weighted by molar-refractivity contribution is 1.06. The van der Waals surface area contributed by atoms with Gasteiger partial charge in [-0.15, -0.1) is 0 Å². The Morgan fingerprint density at radius 1 is 1.16 bits per heavy atom. The molecule has 0 saturated heterocycles. The summed E-state index contributed by atoms with van der Waals surface area (Å²) in [5, 5.41) is 7.47. The number of halogens is 1. The Labute approximate surface area is 118 Å². The van der Waals surface area contributed by atoms with Crippen molar-refractivity contribution in [3.63, 3.8) is 0 Å². The van der Waals surface area contributed by atoms with Crippen LogP contribution in [0.2, 0.25) is 5.15 Å². The minimum atomic E-state index is 0.408. The third-order valence-electron chi connectivity index (χ3n) is 2.33. The molecule has 0 aliphatic heterocycles. The van der Waals surface area contributed by atoms with E-state index in [9.17, 15) is 0 Å². The van der Waals surface area contributed by atoms with E-state index < -0.39 is 0 Å². The average Bonchev–Trinajstić information content (AvgIpc) is 2.92. The van der Waals surface area contributed by atoms with Gasteiger partial charge < -0.3 is 5.32 Å². The Morgan fingerprint density at radius 2 is 2.11 bits per heavy atom. The SMILES string of the molecule is Clc1cc(-c2ncnc(Nc3ccsc3)n2)ccn1. The number of hydrogen-bond donors (Lipinski definition) is 1. The molecule has 0 bridgehead atoms. The predicted molar refractivity (Wildman–Crippen MR) is 75.7 cm³/mol. The standard InChI is InChI=1S/C12H8ClN5S/c13-10-5-8(1-3-14-10)11-15-7-16-12(18-11)17-9-2-4-19-6-9/h1-7H,(H,15,16,17,18). The predicted octanol–water partition coefficient (Wildman–Crippen LogP) is 3.39. The van der Waals surface area contributed by atoms with E-state index in [0.717, 1.165) is 11.3 Å². The zero-order valence-electron chi connectivity index (χ0n) is 9.62. The van der Waals surface area contributed by atoms with Crippen LogP contribution in [0.3, 0.4) is 0 Å². The van der Waals surface area contributed by atoms with Crippen LogP contribution in [0.15, 0.2) is 41.5 Å². The highest BCUT2D eigenvalue weighted by atomic mass is 35.5. The minimum absolute atomic E-state index is 0.408. The number of pyridine rings is 1. The maximum absolute atomic E-state index is 5.85. The zero-order valence-corrected chi connectivity index (χ0v) is 11.2. The van der Waals surface area contributed by atoms with Gasteiger partial charge >= 0.3 is 0 Å². The van der Waals surface area contributed by atoms with Gasteiger partial charge in [0.05, 0.1) is 5.69 Å². The second-order valence-electron chi connectivity index (χ2n) is 3.64. The largest absolute Gasteiger partial charge is 0.323 e. The zero-order chi connectivity index (χ0) is 13.1. The van der Waals surface area contributed by atoms with Crippen molar-refractivity contribution in [3.8, 4) is 11.4 Å². The van der Waals surface area contributed by atoms with E-state index in [2.05, 4.69) is 25.3 Å². The number of hydrogen-bond acceptors (Lipinski definition) is 6. The fraction of sp³-hybridized carbons (Fsp3) is 0. The fourth-order valence-corrected chi connectivity index (χ4v) is 2.26. The van der Waals surface area contributed by atoms with E-state index in [4.69, 9.17) is 11.6 Å². The van der Waals surface area contributed by atoms with Gasteiger partial charge in [0.15, 0.2) is 5.82 Å². The molecule has 0 radical (unpaired) electrons. The summed E-state index contributed by atoms with van der Waals surface area (Å²) in [5.74, 6) is 1.05. The van der Waals surface area contributed by atoms with Crippen molar-refractivity contribution in [2.75, 3.05) is 5.32 Å². The van der Waals surface area contributed by atoms with Crippen LogP contribution in [0.4, 0.5) is 11.6 Å². The molecule has 1 N–H and O–H groups in total. The molecule has 3 heterocycles. The first-order chi connectivity index (χ1) is 9.31. The number of aromatic nitrogens is 4. The third-order valence-corrected chi connectivity index (χ3v) is 3.22. The van der Waals surface area contributed by atoms with Crippen LogP contribution in [0.1, 0.15) is 0 Å². The van der Waals surface area contributed by atoms with Gasteiger partial charge in [-0.1, -0.05) is 11.6 Å². The van der Waals surface area contributed by atoms with Gasteiger partial charge in [-0.3, -0.25) is 0 Å². The van der Waals surface area contributed by atoms with Crippen LogP contribution >= 0.6 is 22.9 Å². The second-order valence-corrected chi connectivity index (χ2v) is 4.80. The molecule has 0 fully saturated rings. The van der Waals surface area contributed by atoms with E-state index in [1.165, 1.54) is 6.33 Å². The highest BCUT2D eigenvalue weighted by Crippen LogP contribution is 2.20. The summed E-state index contributed by atoms with van der Waals surface area (Å²) in [5.41, 5.74) is 1.76. The molecule has 94 valence electrons. The van der Waals surface area contributed by atoms with Crippen LogP contribution in [-0.2, 0) is 0 Å². The second kappa shape index (κ2) is 5.29. The summed E-state index contributed by atoms with van der Waals surface area (Å²) >= 11 is 7.46. The molecule has 0 atom stereocenters. The van der Waals surface area contributed by atoms with Crippen LogP contribution in [-0.4, -0.2) is 19.9 Å². The molecule has 19 heavy (non-hydrogen) atoms. The lowest BCUT2D eigenvalue weighted by atomic mass is 10.2. The van der Waals surface area contributed by atoms with Crippen LogP contribution in [0.25, 0.3) is 11.4 Å². The van der Waals surface area contributed by atoms with E-state index in [1.54, 1.807) is 29.7 Å². The maximum atomic E-state index is 5.85. The number of nitrogens with zero attached hydrogens (tertiary/aromatic N) is 4. The Balaban J connectivity index is 1.91. The van der Waals surface area contributed by atoms with Crippen LogP contribution < -0.4 is 5.32 Å². The van der Waals surface area contributed by atoms with Crippen molar-refractivity contribution in [1.82, 2.24) is 19.9 Å². The molecule has 0 spiro atoms. The first-order valence-electron chi connectivity index (χ1n) is 5.41. The lowest BCUT2D eigenvalue weighted by Gasteiger charge is -2.04. The van der Waals surface area contributed by atoms with Gasteiger partial charge in [0.1, 0.15) is 11.5 Å². The van der Waals surface area contributed by atoms with Gasteiger partial charge in [0.2, 0.25) is 5.95 Å². The average molecular weight is 290 g/mol. The molecule has 0 aromatic carbocycles. The van der Waals surface area contributed by atoms with E-state index in [-0.39, 0.29) is 0 Å². The molecule has 3 rings (SSSR count). The summed E-state index contributed by atoms with van der Waals surface area (Å²) in [6, 6.07) is 5.47. The molecule has 0 aliphatic rings. The number of nitrogens with one attached hydrogen (secondary N) is 1. The molecule has 7 heteroatoms. The molecule has 3 aromatic heterocycles. The first kappa shape index (κ1) is 12.0. The maximum Gasteiger partial charge on any atom is 0.230 e. The quantitative estimate of drug-likeness (QED) is 0.749. The van der Waals surface area contributed by atoms with Gasteiger partial charge in [0, 0.05) is 17.1 Å². The molecule has 0 aliphatic carbocycles. The lowest BCUT2D eigenvalue weighted by Crippen LogP contribution is -1.99. The monoisotopic (exact) mass is 289 g/mol. The van der Waals surface area contributed by atoms with E-state index >= 15 is 0 Å². The Morgan fingerprint density at radius 3 is 2.89 bits per heavy atom. The fourth-order valence-electron chi connectivity index (χ4n) is 1.50. The first-order valence-corrected chi connectivity index (χ1v) is 6.73. The van der Waals surface area contributed by atoms with Crippen molar-refractivity contribution in [3.05, 3.63) is 46.6 Å². The molecule has 5 nitrogen and oxygen atoms in total. The molecule has 0 saturated carbocycles.